The molecule has 0 atom stereocenters. The fraction of sp³-hybridized carbons (Fsp3) is 0.0909. The maximum Gasteiger partial charge on any atom is 0.420 e. The van der Waals surface area contributed by atoms with Gasteiger partial charge in [-0.2, -0.15) is 28.1 Å². The van der Waals surface area contributed by atoms with E-state index in [-0.39, 0.29) is 34.0 Å². The van der Waals surface area contributed by atoms with E-state index in [9.17, 15) is 32.3 Å². The molecule has 172 valence electrons. The molecule has 0 spiro atoms. The number of nitrogens with zero attached hydrogens (tertiary/aromatic N) is 5. The smallest absolute Gasteiger partial charge is 0.420 e. The van der Waals surface area contributed by atoms with Gasteiger partial charge in [0.05, 0.1) is 40.5 Å². The molecule has 0 aliphatic heterocycles. The van der Waals surface area contributed by atoms with Gasteiger partial charge in [0.25, 0.3) is 0 Å². The first-order valence-corrected chi connectivity index (χ1v) is 9.54. The molecule has 0 radical (unpaired) electrons. The van der Waals surface area contributed by atoms with E-state index >= 15 is 0 Å². The number of carboxylic acid groups (broad SMARTS) is 1. The Morgan fingerprint density at radius 1 is 1.15 bits per heavy atom. The predicted octanol–water partition coefficient (Wildman–Crippen LogP) is 4.36. The molecule has 4 aromatic rings. The van der Waals surface area contributed by atoms with E-state index in [4.69, 9.17) is 5.26 Å². The highest BCUT2D eigenvalue weighted by Crippen LogP contribution is 2.32. The summed E-state index contributed by atoms with van der Waals surface area (Å²) in [5.74, 6) is -0.830. The van der Waals surface area contributed by atoms with Crippen LogP contribution in [0.4, 0.5) is 22.4 Å². The molecule has 0 fully saturated rings. The zero-order valence-corrected chi connectivity index (χ0v) is 17.2. The van der Waals surface area contributed by atoms with Crippen molar-refractivity contribution in [2.45, 2.75) is 13.1 Å². The first-order chi connectivity index (χ1) is 16.0. The van der Waals surface area contributed by atoms with Crippen LogP contribution in [-0.2, 0) is 6.18 Å². The third kappa shape index (κ3) is 3.62. The summed E-state index contributed by atoms with van der Waals surface area (Å²) in [5.41, 5.74) is -2.67. The number of aromatic nitrogens is 4. The Bertz CT molecular complexity index is 1540. The van der Waals surface area contributed by atoms with E-state index in [1.54, 1.807) is 6.07 Å². The minimum Gasteiger partial charge on any atom is -0.464 e. The minimum atomic E-state index is -4.68. The number of alkyl halides is 3. The molecule has 2 aromatic heterocycles. The molecule has 2 heterocycles. The largest absolute Gasteiger partial charge is 0.464 e. The normalized spacial score (nSPS) is 11.4. The zero-order valence-electron chi connectivity index (χ0n) is 17.2. The van der Waals surface area contributed by atoms with Gasteiger partial charge in [0, 0.05) is 0 Å². The van der Waals surface area contributed by atoms with E-state index in [0.29, 0.717) is 4.57 Å². The SMILES string of the molecule is Cc1c(-c2ccnn2-c2ccc(C#N)cc2F)n(C(=O)O)c(=O)n1-c1cccc(C(F)(F)F)c1. The van der Waals surface area contributed by atoms with Crippen molar-refractivity contribution < 1.29 is 27.5 Å². The maximum atomic E-state index is 14.7. The number of carbonyl (C=O) groups is 1. The quantitative estimate of drug-likeness (QED) is 0.447. The van der Waals surface area contributed by atoms with Gasteiger partial charge in [-0.3, -0.25) is 4.57 Å². The lowest BCUT2D eigenvalue weighted by Crippen LogP contribution is -2.28. The summed E-state index contributed by atoms with van der Waals surface area (Å²) < 4.78 is 56.5. The van der Waals surface area contributed by atoms with Gasteiger partial charge in [-0.05, 0) is 49.4 Å². The van der Waals surface area contributed by atoms with Gasteiger partial charge in [0.15, 0.2) is 0 Å². The zero-order chi connectivity index (χ0) is 24.8. The van der Waals surface area contributed by atoms with Gasteiger partial charge in [0.2, 0.25) is 0 Å². The molecule has 12 heteroatoms. The van der Waals surface area contributed by atoms with E-state index in [1.165, 1.54) is 37.4 Å². The molecule has 0 saturated carbocycles. The molecule has 0 bridgehead atoms. The summed E-state index contributed by atoms with van der Waals surface area (Å²) in [6.07, 6.45) is -5.14. The van der Waals surface area contributed by atoms with Crippen LogP contribution in [0, 0.1) is 24.1 Å². The molecular formula is C22H13F4N5O3. The van der Waals surface area contributed by atoms with Crippen molar-refractivity contribution in [3.8, 4) is 28.8 Å². The topological polar surface area (TPSA) is 106 Å². The van der Waals surface area contributed by atoms with Gasteiger partial charge < -0.3 is 5.11 Å². The Balaban J connectivity index is 1.99. The lowest BCUT2D eigenvalue weighted by molar-refractivity contribution is -0.137. The van der Waals surface area contributed by atoms with Crippen molar-refractivity contribution in [2.24, 2.45) is 0 Å². The van der Waals surface area contributed by atoms with Gasteiger partial charge in [0.1, 0.15) is 17.2 Å². The Morgan fingerprint density at radius 2 is 1.88 bits per heavy atom. The van der Waals surface area contributed by atoms with Crippen LogP contribution in [0.25, 0.3) is 22.8 Å². The molecule has 0 unspecified atom stereocenters. The molecule has 8 nitrogen and oxygen atoms in total. The first kappa shape index (κ1) is 22.5. The van der Waals surface area contributed by atoms with Crippen molar-refractivity contribution in [2.75, 3.05) is 0 Å². The molecular weight excluding hydrogens is 458 g/mol. The molecule has 0 amide bonds. The monoisotopic (exact) mass is 471 g/mol. The highest BCUT2D eigenvalue weighted by molar-refractivity contribution is 5.77. The second kappa shape index (κ2) is 8.04. The number of benzene rings is 2. The van der Waals surface area contributed by atoms with E-state index < -0.39 is 29.3 Å². The van der Waals surface area contributed by atoms with Crippen LogP contribution in [-0.4, -0.2) is 30.1 Å². The second-order valence-electron chi connectivity index (χ2n) is 7.12. The van der Waals surface area contributed by atoms with E-state index in [2.05, 4.69) is 5.10 Å². The van der Waals surface area contributed by atoms with Crippen LogP contribution in [0.5, 0.6) is 0 Å². The molecule has 2 aromatic carbocycles. The lowest BCUT2D eigenvalue weighted by Gasteiger charge is -2.11. The number of hydrogen-bond acceptors (Lipinski definition) is 4. The highest BCUT2D eigenvalue weighted by atomic mass is 19.4. The van der Waals surface area contributed by atoms with E-state index in [1.807, 2.05) is 0 Å². The van der Waals surface area contributed by atoms with Gasteiger partial charge in [-0.1, -0.05) is 6.07 Å². The summed E-state index contributed by atoms with van der Waals surface area (Å²) in [4.78, 5) is 25.0. The number of halogens is 4. The summed E-state index contributed by atoms with van der Waals surface area (Å²) in [7, 11) is 0. The fourth-order valence-electron chi connectivity index (χ4n) is 3.63. The molecule has 0 aliphatic carbocycles. The van der Waals surface area contributed by atoms with Crippen molar-refractivity contribution in [1.82, 2.24) is 18.9 Å². The summed E-state index contributed by atoms with van der Waals surface area (Å²) in [5, 5.41) is 22.7. The number of nitriles is 1. The Hall–Kier alpha value is -4.66. The van der Waals surface area contributed by atoms with Gasteiger partial charge in [-0.15, -0.1) is 0 Å². The third-order valence-corrected chi connectivity index (χ3v) is 5.10. The van der Waals surface area contributed by atoms with Crippen LogP contribution >= 0.6 is 0 Å². The molecule has 0 saturated heterocycles. The standard InChI is InChI=1S/C22H13F4N5O3/c1-12-19(18-7-8-28-31(18)17-6-5-13(11-27)9-16(17)23)30(21(33)34)20(32)29(12)15-4-2-3-14(10-15)22(24,25)26/h2-10H,1H3,(H,33,34). The fourth-order valence-corrected chi connectivity index (χ4v) is 3.63. The predicted molar refractivity (Wildman–Crippen MR) is 110 cm³/mol. The molecule has 1 N–H and O–H groups in total. The third-order valence-electron chi connectivity index (χ3n) is 5.10. The number of rotatable bonds is 3. The Labute approximate surface area is 188 Å². The number of imidazole rings is 1. The average molecular weight is 471 g/mol. The van der Waals surface area contributed by atoms with Crippen LogP contribution in [0.2, 0.25) is 0 Å². The minimum absolute atomic E-state index is 0.00802. The molecule has 34 heavy (non-hydrogen) atoms. The van der Waals surface area contributed by atoms with Crippen molar-refractivity contribution in [3.63, 3.8) is 0 Å². The Kier molecular flexibility index (Phi) is 5.33. The van der Waals surface area contributed by atoms with Crippen molar-refractivity contribution >= 4 is 6.09 Å². The van der Waals surface area contributed by atoms with Crippen LogP contribution in [0.3, 0.4) is 0 Å². The van der Waals surface area contributed by atoms with Crippen molar-refractivity contribution in [3.05, 3.63) is 87.9 Å². The highest BCUT2D eigenvalue weighted by Gasteiger charge is 2.32. The van der Waals surface area contributed by atoms with Crippen LogP contribution in [0.1, 0.15) is 16.8 Å². The maximum absolute atomic E-state index is 14.7. The number of hydrogen-bond donors (Lipinski definition) is 1. The van der Waals surface area contributed by atoms with Gasteiger partial charge >= 0.3 is 18.0 Å². The summed E-state index contributed by atoms with van der Waals surface area (Å²) in [6.45, 7) is 1.35. The molecule has 0 aliphatic rings. The van der Waals surface area contributed by atoms with Crippen LogP contribution < -0.4 is 5.69 Å². The van der Waals surface area contributed by atoms with Crippen molar-refractivity contribution in [1.29, 1.82) is 5.26 Å². The first-order valence-electron chi connectivity index (χ1n) is 9.54. The van der Waals surface area contributed by atoms with Gasteiger partial charge in [-0.25, -0.2) is 18.7 Å². The lowest BCUT2D eigenvalue weighted by atomic mass is 10.1. The Morgan fingerprint density at radius 3 is 2.50 bits per heavy atom. The second-order valence-corrected chi connectivity index (χ2v) is 7.12. The molecule has 4 rings (SSSR count). The van der Waals surface area contributed by atoms with Crippen LogP contribution in [0.15, 0.2) is 59.5 Å². The van der Waals surface area contributed by atoms with E-state index in [0.717, 1.165) is 33.5 Å². The summed E-state index contributed by atoms with van der Waals surface area (Å²) >= 11 is 0. The average Bonchev–Trinajstić information content (AvgIpc) is 3.34. The summed E-state index contributed by atoms with van der Waals surface area (Å²) in [6, 6.07) is 10.5.